The molecule has 0 spiro atoms. The second-order valence-corrected chi connectivity index (χ2v) is 13.6. The van der Waals surface area contributed by atoms with E-state index in [2.05, 4.69) is 9.44 Å². The number of carbonyl (C=O) groups is 2. The third-order valence-corrected chi connectivity index (χ3v) is 10.2. The molecule has 0 fully saturated rings. The first kappa shape index (κ1) is 31.1. The van der Waals surface area contributed by atoms with Gasteiger partial charge in [0.05, 0.1) is 9.79 Å². The molecule has 0 aromatic heterocycles. The molecule has 42 heavy (non-hydrogen) atoms. The molecule has 16 heteroatoms. The lowest BCUT2D eigenvalue weighted by atomic mass is 9.93. The average Bonchev–Trinajstić information content (AvgIpc) is 2.87. The summed E-state index contributed by atoms with van der Waals surface area (Å²) in [6.45, 7) is 2.80. The van der Waals surface area contributed by atoms with Crippen molar-refractivity contribution in [2.24, 2.45) is 11.5 Å². The summed E-state index contributed by atoms with van der Waals surface area (Å²) in [5.41, 5.74) is 11.1. The Balaban J connectivity index is 1.98. The molecule has 226 valence electrons. The van der Waals surface area contributed by atoms with Gasteiger partial charge < -0.3 is 31.9 Å². The highest BCUT2D eigenvalue weighted by Crippen LogP contribution is 2.45. The highest BCUT2D eigenvalue weighted by Gasteiger charge is 2.31. The molecule has 4 aromatic carbocycles. The van der Waals surface area contributed by atoms with Crippen LogP contribution in [-0.2, 0) is 29.6 Å². The van der Waals surface area contributed by atoms with E-state index in [0.717, 1.165) is 12.1 Å². The molecule has 4 unspecified atom stereocenters. The minimum Gasteiger partial charge on any atom is -0.507 e. The van der Waals surface area contributed by atoms with Gasteiger partial charge in [0.1, 0.15) is 23.6 Å². The summed E-state index contributed by atoms with van der Waals surface area (Å²) >= 11 is 0. The van der Waals surface area contributed by atoms with Crippen molar-refractivity contribution in [2.75, 3.05) is 0 Å². The SMILES string of the molecule is CC(CC(N)C(=O)O)NS(=O)(=O)c1cc(S(=O)(=O)NC(C)CC(N)C(=O)O)c2ccc3c(O)cc(O)c4ccc1c2c43. The van der Waals surface area contributed by atoms with E-state index in [1.54, 1.807) is 0 Å². The number of aromatic hydroxyl groups is 2. The predicted octanol–water partition coefficient (Wildman–Crippen LogP) is 0.933. The molecule has 4 atom stereocenters. The van der Waals surface area contributed by atoms with Gasteiger partial charge in [-0.05, 0) is 44.9 Å². The number of benzene rings is 4. The molecule has 0 aliphatic heterocycles. The number of nitrogens with two attached hydrogens (primary N) is 2. The van der Waals surface area contributed by atoms with Crippen LogP contribution in [0.2, 0.25) is 0 Å². The van der Waals surface area contributed by atoms with Crippen LogP contribution in [0, 0.1) is 0 Å². The predicted molar refractivity (Wildman–Crippen MR) is 153 cm³/mol. The first-order valence-corrected chi connectivity index (χ1v) is 15.6. The lowest BCUT2D eigenvalue weighted by molar-refractivity contribution is -0.139. The second kappa shape index (κ2) is 11.1. The maximum Gasteiger partial charge on any atom is 0.320 e. The number of hydrogen-bond donors (Lipinski definition) is 8. The van der Waals surface area contributed by atoms with Gasteiger partial charge in [0.15, 0.2) is 0 Å². The molecule has 0 aliphatic rings. The molecule has 0 saturated heterocycles. The van der Waals surface area contributed by atoms with Crippen LogP contribution in [0.15, 0.2) is 46.2 Å². The standard InChI is InChI=1S/C26H30N4O10S2/c1-11(7-17(27)25(33)34)29-41(37,38)21-10-22(42(39,40)30-12(2)8-18(28)26(35)36)16-6-4-14-20(32)9-19(31)13-3-5-15(21)24(16)23(13)14/h3-6,9-12,17-18,29-32H,7-8,27-28H2,1-2H3,(H,33,34)(H,35,36). The quantitative estimate of drug-likeness (QED) is 0.103. The van der Waals surface area contributed by atoms with Crippen molar-refractivity contribution in [3.63, 3.8) is 0 Å². The first-order chi connectivity index (χ1) is 19.4. The van der Waals surface area contributed by atoms with Crippen LogP contribution in [0.5, 0.6) is 11.5 Å². The molecule has 0 bridgehead atoms. The molecular formula is C26H30N4O10S2. The maximum absolute atomic E-state index is 13.7. The van der Waals surface area contributed by atoms with Gasteiger partial charge in [-0.15, -0.1) is 0 Å². The van der Waals surface area contributed by atoms with E-state index in [4.69, 9.17) is 21.7 Å². The van der Waals surface area contributed by atoms with Gasteiger partial charge in [-0.25, -0.2) is 26.3 Å². The van der Waals surface area contributed by atoms with Gasteiger partial charge in [0.2, 0.25) is 20.0 Å². The van der Waals surface area contributed by atoms with E-state index in [9.17, 15) is 36.6 Å². The minimum absolute atomic E-state index is 0.0650. The van der Waals surface area contributed by atoms with Crippen LogP contribution in [0.3, 0.4) is 0 Å². The van der Waals surface area contributed by atoms with E-state index in [1.807, 2.05) is 0 Å². The lowest BCUT2D eigenvalue weighted by Crippen LogP contribution is -2.41. The number of nitrogens with one attached hydrogen (secondary N) is 2. The molecule has 0 aliphatic carbocycles. The van der Waals surface area contributed by atoms with E-state index in [1.165, 1.54) is 38.1 Å². The molecule has 0 radical (unpaired) electrons. The van der Waals surface area contributed by atoms with Crippen LogP contribution >= 0.6 is 0 Å². The Labute approximate surface area is 240 Å². The normalized spacial score (nSPS) is 15.6. The Morgan fingerprint density at radius 3 is 1.38 bits per heavy atom. The second-order valence-electron chi connectivity index (χ2n) is 10.3. The number of phenols is 2. The average molecular weight is 623 g/mol. The Kier molecular flexibility index (Phi) is 8.25. The van der Waals surface area contributed by atoms with Crippen LogP contribution in [0.25, 0.3) is 32.3 Å². The molecule has 0 amide bonds. The summed E-state index contributed by atoms with van der Waals surface area (Å²) in [4.78, 5) is 21.4. The minimum atomic E-state index is -4.53. The molecule has 0 saturated carbocycles. The third kappa shape index (κ3) is 5.77. The number of aliphatic carboxylic acids is 2. The fourth-order valence-electron chi connectivity index (χ4n) is 5.05. The van der Waals surface area contributed by atoms with Gasteiger partial charge in [0, 0.05) is 50.5 Å². The van der Waals surface area contributed by atoms with Crippen molar-refractivity contribution in [1.82, 2.24) is 9.44 Å². The van der Waals surface area contributed by atoms with Crippen molar-refractivity contribution in [3.8, 4) is 11.5 Å². The van der Waals surface area contributed by atoms with Crippen molar-refractivity contribution in [3.05, 3.63) is 36.4 Å². The van der Waals surface area contributed by atoms with E-state index in [0.29, 0.717) is 0 Å². The fourth-order valence-corrected chi connectivity index (χ4v) is 8.10. The molecule has 14 nitrogen and oxygen atoms in total. The number of phenolic OH excluding ortho intramolecular Hbond substituents is 2. The van der Waals surface area contributed by atoms with Crippen LogP contribution in [0.1, 0.15) is 26.7 Å². The largest absolute Gasteiger partial charge is 0.507 e. The summed E-state index contributed by atoms with van der Waals surface area (Å²) < 4.78 is 59.5. The molecule has 4 aromatic rings. The first-order valence-electron chi connectivity index (χ1n) is 12.6. The van der Waals surface area contributed by atoms with Crippen LogP contribution < -0.4 is 20.9 Å². The Hall–Kier alpha value is -3.80. The third-order valence-electron chi connectivity index (χ3n) is 6.92. The molecule has 0 heterocycles. The molecule has 4 rings (SSSR count). The Morgan fingerprint density at radius 2 is 1.02 bits per heavy atom. The van der Waals surface area contributed by atoms with E-state index >= 15 is 0 Å². The Bertz CT molecular complexity index is 1800. The molecular weight excluding hydrogens is 592 g/mol. The lowest BCUT2D eigenvalue weighted by Gasteiger charge is -2.22. The number of hydrogen-bond acceptors (Lipinski definition) is 10. The Morgan fingerprint density at radius 1 is 0.690 bits per heavy atom. The van der Waals surface area contributed by atoms with Gasteiger partial charge in [-0.3, -0.25) is 9.59 Å². The summed E-state index contributed by atoms with van der Waals surface area (Å²) in [7, 11) is -9.06. The topological polar surface area (TPSA) is 259 Å². The summed E-state index contributed by atoms with van der Waals surface area (Å²) in [5, 5.41) is 40.2. The van der Waals surface area contributed by atoms with Crippen molar-refractivity contribution >= 4 is 64.3 Å². The maximum atomic E-state index is 13.7. The summed E-state index contributed by atoms with van der Waals surface area (Å²) in [6, 6.07) is 3.03. The number of sulfonamides is 2. The van der Waals surface area contributed by atoms with Crippen LogP contribution in [0.4, 0.5) is 0 Å². The van der Waals surface area contributed by atoms with Gasteiger partial charge >= 0.3 is 11.9 Å². The zero-order valence-electron chi connectivity index (χ0n) is 22.4. The fraction of sp³-hybridized carbons (Fsp3) is 0.308. The van der Waals surface area contributed by atoms with Gasteiger partial charge in [0.25, 0.3) is 0 Å². The van der Waals surface area contributed by atoms with E-state index < -0.39 is 65.9 Å². The number of rotatable bonds is 12. The van der Waals surface area contributed by atoms with Crippen molar-refractivity contribution in [2.45, 2.75) is 60.6 Å². The number of carboxylic acid groups (broad SMARTS) is 2. The van der Waals surface area contributed by atoms with Crippen molar-refractivity contribution < 1.29 is 46.9 Å². The smallest absolute Gasteiger partial charge is 0.320 e. The van der Waals surface area contributed by atoms with Gasteiger partial charge in [-0.1, -0.05) is 12.1 Å². The van der Waals surface area contributed by atoms with Crippen molar-refractivity contribution in [1.29, 1.82) is 0 Å². The van der Waals surface area contributed by atoms with Gasteiger partial charge in [-0.2, -0.15) is 0 Å². The monoisotopic (exact) mass is 622 g/mol. The molecule has 10 N–H and O–H groups in total. The summed E-state index contributed by atoms with van der Waals surface area (Å²) in [5.74, 6) is -3.31. The number of carboxylic acids is 2. The highest BCUT2D eigenvalue weighted by atomic mass is 32.2. The zero-order valence-corrected chi connectivity index (χ0v) is 24.0. The highest BCUT2D eigenvalue weighted by molar-refractivity contribution is 7.90. The summed E-state index contributed by atoms with van der Waals surface area (Å²) in [6.07, 6.45) is -0.535. The zero-order chi connectivity index (χ0) is 31.3. The van der Waals surface area contributed by atoms with E-state index in [-0.39, 0.29) is 56.7 Å². The van der Waals surface area contributed by atoms with Crippen LogP contribution in [-0.4, -0.2) is 73.4 Å².